The monoisotopic (exact) mass is 423 g/mol. The van der Waals surface area contributed by atoms with Gasteiger partial charge in [-0.3, -0.25) is 4.79 Å². The molecule has 0 aliphatic carbocycles. The van der Waals surface area contributed by atoms with Crippen LogP contribution in [0.4, 0.5) is 0 Å². The molecule has 0 spiro atoms. The Bertz CT molecular complexity index is 945. The van der Waals surface area contributed by atoms with Gasteiger partial charge in [0.15, 0.2) is 0 Å². The van der Waals surface area contributed by atoms with Gasteiger partial charge in [0.25, 0.3) is 0 Å². The summed E-state index contributed by atoms with van der Waals surface area (Å²) in [5.74, 6) is 0.0926. The van der Waals surface area contributed by atoms with Crippen molar-refractivity contribution in [3.8, 4) is 0 Å². The molecular weight excluding hydrogens is 398 g/mol. The number of nitrogens with zero attached hydrogens (tertiary/aromatic N) is 5. The Morgan fingerprint density at radius 1 is 1.11 bits per heavy atom. The molecule has 0 radical (unpaired) electrons. The van der Waals surface area contributed by atoms with Gasteiger partial charge in [-0.2, -0.15) is 13.1 Å². The Hall–Kier alpha value is -1.62. The van der Waals surface area contributed by atoms with E-state index in [9.17, 15) is 13.2 Å². The van der Waals surface area contributed by atoms with Crippen molar-refractivity contribution in [3.05, 3.63) is 18.2 Å². The van der Waals surface area contributed by atoms with E-state index < -0.39 is 10.0 Å². The molecule has 8 nitrogen and oxygen atoms in total. The molecule has 1 aromatic carbocycles. The Labute approximate surface area is 169 Å². The number of hydrogen-bond acceptors (Lipinski definition) is 7. The molecular formula is C18H25N5O3S2. The number of likely N-dealkylation sites (N-methyl/N-ethyl adjacent to an activating group) is 1. The number of hydrogen-bond donors (Lipinski definition) is 0. The van der Waals surface area contributed by atoms with Crippen molar-refractivity contribution >= 4 is 38.7 Å². The van der Waals surface area contributed by atoms with Crippen molar-refractivity contribution in [2.24, 2.45) is 5.92 Å². The predicted molar refractivity (Wildman–Crippen MR) is 108 cm³/mol. The molecule has 3 heterocycles. The molecule has 28 heavy (non-hydrogen) atoms. The van der Waals surface area contributed by atoms with Crippen LogP contribution in [0.3, 0.4) is 0 Å². The Kier molecular flexibility index (Phi) is 5.64. The summed E-state index contributed by atoms with van der Waals surface area (Å²) in [5.41, 5.74) is 1.03. The molecule has 4 rings (SSSR count). The van der Waals surface area contributed by atoms with E-state index in [1.807, 2.05) is 4.90 Å². The number of piperidine rings is 1. The van der Waals surface area contributed by atoms with Gasteiger partial charge in [0.2, 0.25) is 15.9 Å². The summed E-state index contributed by atoms with van der Waals surface area (Å²) in [6.07, 6.45) is 1.13. The maximum atomic E-state index is 13.1. The second-order valence-corrected chi connectivity index (χ2v) is 9.76. The molecule has 0 bridgehead atoms. The standard InChI is InChI=1S/C18H25N5O3S2/c1-2-21-10-12-22(13-11-21)18(24)14-6-8-23(9-7-14)28(25,26)16-5-3-4-15-17(16)20-27-19-15/h3-5,14H,2,6-13H2,1H3. The van der Waals surface area contributed by atoms with Crippen molar-refractivity contribution in [1.29, 1.82) is 0 Å². The third-order valence-electron chi connectivity index (χ3n) is 5.80. The topological polar surface area (TPSA) is 86.7 Å². The van der Waals surface area contributed by atoms with E-state index in [2.05, 4.69) is 20.6 Å². The Morgan fingerprint density at radius 3 is 2.50 bits per heavy atom. The van der Waals surface area contributed by atoms with Crippen LogP contribution in [0.15, 0.2) is 23.1 Å². The summed E-state index contributed by atoms with van der Waals surface area (Å²) >= 11 is 1.02. The second kappa shape index (κ2) is 8.02. The summed E-state index contributed by atoms with van der Waals surface area (Å²) in [7, 11) is -3.64. The molecule has 2 aliphatic rings. The molecule has 2 aliphatic heterocycles. The zero-order chi connectivity index (χ0) is 19.7. The highest BCUT2D eigenvalue weighted by molar-refractivity contribution is 7.89. The summed E-state index contributed by atoms with van der Waals surface area (Å²) in [5, 5.41) is 0. The minimum atomic E-state index is -3.64. The number of sulfonamides is 1. The van der Waals surface area contributed by atoms with Crippen LogP contribution in [0.2, 0.25) is 0 Å². The summed E-state index contributed by atoms with van der Waals surface area (Å²) < 4.78 is 36.0. The number of piperazine rings is 1. The molecule has 0 unspecified atom stereocenters. The van der Waals surface area contributed by atoms with Crippen molar-refractivity contribution in [2.45, 2.75) is 24.7 Å². The smallest absolute Gasteiger partial charge is 0.245 e. The average Bonchev–Trinajstić information content (AvgIpc) is 3.22. The Morgan fingerprint density at radius 2 is 1.82 bits per heavy atom. The van der Waals surface area contributed by atoms with Crippen molar-refractivity contribution < 1.29 is 13.2 Å². The van der Waals surface area contributed by atoms with Crippen molar-refractivity contribution in [2.75, 3.05) is 45.8 Å². The molecule has 0 N–H and O–H groups in total. The zero-order valence-electron chi connectivity index (χ0n) is 16.0. The summed E-state index contributed by atoms with van der Waals surface area (Å²) in [4.78, 5) is 17.3. The molecule has 2 aromatic rings. The molecule has 1 aromatic heterocycles. The molecule has 1 amide bonds. The maximum Gasteiger partial charge on any atom is 0.245 e. The lowest BCUT2D eigenvalue weighted by Crippen LogP contribution is -2.51. The molecule has 0 atom stereocenters. The average molecular weight is 424 g/mol. The van der Waals surface area contributed by atoms with E-state index >= 15 is 0 Å². The third-order valence-corrected chi connectivity index (χ3v) is 8.27. The molecule has 2 saturated heterocycles. The van der Waals surface area contributed by atoms with Gasteiger partial charge in [-0.25, -0.2) is 8.42 Å². The van der Waals surface area contributed by atoms with Crippen LogP contribution < -0.4 is 0 Å². The van der Waals surface area contributed by atoms with Crippen LogP contribution >= 0.6 is 11.7 Å². The lowest BCUT2D eigenvalue weighted by molar-refractivity contribution is -0.138. The van der Waals surface area contributed by atoms with Gasteiger partial charge in [-0.15, -0.1) is 0 Å². The van der Waals surface area contributed by atoms with Crippen LogP contribution in [0.5, 0.6) is 0 Å². The number of amides is 1. The van der Waals surface area contributed by atoms with Gasteiger partial charge in [-0.1, -0.05) is 13.0 Å². The first-order valence-corrected chi connectivity index (χ1v) is 11.9. The molecule has 2 fully saturated rings. The van der Waals surface area contributed by atoms with E-state index in [1.165, 1.54) is 4.31 Å². The van der Waals surface area contributed by atoms with Crippen LogP contribution in [0.1, 0.15) is 19.8 Å². The van der Waals surface area contributed by atoms with E-state index in [0.717, 1.165) is 44.5 Å². The first-order valence-electron chi connectivity index (χ1n) is 9.73. The van der Waals surface area contributed by atoms with Gasteiger partial charge in [-0.05, 0) is 31.5 Å². The quantitative estimate of drug-likeness (QED) is 0.736. The lowest BCUT2D eigenvalue weighted by atomic mass is 9.96. The highest BCUT2D eigenvalue weighted by atomic mass is 32.2. The van der Waals surface area contributed by atoms with Crippen molar-refractivity contribution in [3.63, 3.8) is 0 Å². The maximum absolute atomic E-state index is 13.1. The number of carbonyl (C=O) groups excluding carboxylic acids is 1. The zero-order valence-corrected chi connectivity index (χ0v) is 17.6. The van der Waals surface area contributed by atoms with Crippen molar-refractivity contribution in [1.82, 2.24) is 22.9 Å². The minimum Gasteiger partial charge on any atom is -0.340 e. The van der Waals surface area contributed by atoms with Crippen LogP contribution in [0.25, 0.3) is 11.0 Å². The van der Waals surface area contributed by atoms with Gasteiger partial charge >= 0.3 is 0 Å². The van der Waals surface area contributed by atoms with E-state index in [1.54, 1.807) is 18.2 Å². The second-order valence-electron chi connectivity index (χ2n) is 7.33. The fourth-order valence-electron chi connectivity index (χ4n) is 4.01. The normalized spacial score (nSPS) is 20.7. The molecule has 152 valence electrons. The number of carbonyl (C=O) groups is 1. The first-order chi connectivity index (χ1) is 13.5. The highest BCUT2D eigenvalue weighted by Crippen LogP contribution is 2.28. The van der Waals surface area contributed by atoms with Gasteiger partial charge in [0.05, 0.1) is 11.7 Å². The number of rotatable bonds is 4. The van der Waals surface area contributed by atoms with Gasteiger partial charge < -0.3 is 9.80 Å². The first kappa shape index (κ1) is 19.7. The fraction of sp³-hybridized carbons (Fsp3) is 0.611. The van der Waals surface area contributed by atoms with E-state index in [0.29, 0.717) is 37.0 Å². The highest BCUT2D eigenvalue weighted by Gasteiger charge is 2.35. The van der Waals surface area contributed by atoms with E-state index in [-0.39, 0.29) is 16.7 Å². The lowest BCUT2D eigenvalue weighted by Gasteiger charge is -2.38. The van der Waals surface area contributed by atoms with Gasteiger partial charge in [0.1, 0.15) is 15.9 Å². The third kappa shape index (κ3) is 3.66. The summed E-state index contributed by atoms with van der Waals surface area (Å²) in [6.45, 7) is 7.24. The molecule has 10 heteroatoms. The van der Waals surface area contributed by atoms with E-state index in [4.69, 9.17) is 0 Å². The Balaban J connectivity index is 1.41. The summed E-state index contributed by atoms with van der Waals surface area (Å²) in [6, 6.07) is 5.05. The predicted octanol–water partition coefficient (Wildman–Crippen LogP) is 1.26. The largest absolute Gasteiger partial charge is 0.340 e. The van der Waals surface area contributed by atoms with Crippen LogP contribution in [-0.4, -0.2) is 83.0 Å². The number of aromatic nitrogens is 2. The van der Waals surface area contributed by atoms with Crippen LogP contribution in [-0.2, 0) is 14.8 Å². The number of benzene rings is 1. The minimum absolute atomic E-state index is 0.0867. The fourth-order valence-corrected chi connectivity index (χ4v) is 6.24. The van der Waals surface area contributed by atoms with Gasteiger partial charge in [0, 0.05) is 45.2 Å². The SMILES string of the molecule is CCN1CCN(C(=O)C2CCN(S(=O)(=O)c3cccc4nsnc34)CC2)CC1. The molecule has 0 saturated carbocycles. The number of fused-ring (bicyclic) bond motifs is 1. The van der Waals surface area contributed by atoms with Crippen LogP contribution in [0, 0.1) is 5.92 Å².